The highest BCUT2D eigenvalue weighted by Gasteiger charge is 2.23. The topological polar surface area (TPSA) is 34.0 Å². The summed E-state index contributed by atoms with van der Waals surface area (Å²) >= 11 is 0. The monoisotopic (exact) mass is 438 g/mol. The Hall–Kier alpha value is -3.33. The van der Waals surface area contributed by atoms with Gasteiger partial charge in [0.15, 0.2) is 0 Å². The largest absolute Gasteiger partial charge is 0.354 e. The molecule has 0 spiro atoms. The molecule has 1 N–H and O–H groups in total. The average Bonchev–Trinajstić information content (AvgIpc) is 3.21. The fraction of sp³-hybridized carbons (Fsp3) is 0.300. The minimum Gasteiger partial charge on any atom is -0.354 e. The molecular formula is C30H34N2O. The standard InChI is InChI=1S/C30H34N2O/c1-4-32-21-28(26-12-8-9-13-29(26)32)27(25-18-14-22(2)15-19-25)20-30(33)31-23(3)16-17-24-10-6-5-7-11-24/h5-15,18-19,21,23,27H,4,16-17,20H2,1-3H3,(H,31,33)/t23-,27+/m1/s1. The lowest BCUT2D eigenvalue weighted by Crippen LogP contribution is -2.33. The SMILES string of the molecule is CCn1cc([C@@H](CC(=O)N[C@H](C)CCc2ccccc2)c2ccc(C)cc2)c2ccccc21. The molecule has 33 heavy (non-hydrogen) atoms. The van der Waals surface area contributed by atoms with Gasteiger partial charge in [-0.1, -0.05) is 78.4 Å². The maximum atomic E-state index is 13.2. The summed E-state index contributed by atoms with van der Waals surface area (Å²) in [6, 6.07) is 27.7. The van der Waals surface area contributed by atoms with Crippen molar-refractivity contribution in [2.75, 3.05) is 0 Å². The normalized spacial score (nSPS) is 13.1. The number of benzene rings is 3. The summed E-state index contributed by atoms with van der Waals surface area (Å²) in [5.41, 5.74) is 6.18. The Morgan fingerprint density at radius 3 is 2.36 bits per heavy atom. The third-order valence-electron chi connectivity index (χ3n) is 6.52. The van der Waals surface area contributed by atoms with E-state index in [1.165, 1.54) is 33.2 Å². The molecule has 0 unspecified atom stereocenters. The molecule has 4 rings (SSSR count). The van der Waals surface area contributed by atoms with Crippen molar-refractivity contribution in [2.45, 2.75) is 58.5 Å². The Morgan fingerprint density at radius 1 is 0.939 bits per heavy atom. The van der Waals surface area contributed by atoms with Crippen molar-refractivity contribution >= 4 is 16.8 Å². The molecule has 0 saturated heterocycles. The second kappa shape index (κ2) is 10.5. The minimum atomic E-state index is 0.0182. The van der Waals surface area contributed by atoms with Gasteiger partial charge in [-0.25, -0.2) is 0 Å². The molecule has 0 radical (unpaired) electrons. The molecule has 0 aliphatic heterocycles. The molecular weight excluding hydrogens is 404 g/mol. The highest BCUT2D eigenvalue weighted by molar-refractivity contribution is 5.86. The zero-order valence-corrected chi connectivity index (χ0v) is 19.9. The van der Waals surface area contributed by atoms with E-state index in [9.17, 15) is 4.79 Å². The summed E-state index contributed by atoms with van der Waals surface area (Å²) in [5.74, 6) is 0.124. The van der Waals surface area contributed by atoms with Gasteiger partial charge < -0.3 is 9.88 Å². The Labute approximate surface area is 197 Å². The molecule has 170 valence electrons. The summed E-state index contributed by atoms with van der Waals surface area (Å²) < 4.78 is 2.28. The van der Waals surface area contributed by atoms with Crippen LogP contribution in [0.3, 0.4) is 0 Å². The van der Waals surface area contributed by atoms with E-state index in [1.807, 2.05) is 6.07 Å². The Bertz CT molecular complexity index is 1190. The van der Waals surface area contributed by atoms with E-state index >= 15 is 0 Å². The van der Waals surface area contributed by atoms with Crippen LogP contribution in [0.15, 0.2) is 85.1 Å². The molecule has 2 atom stereocenters. The van der Waals surface area contributed by atoms with Crippen LogP contribution in [-0.4, -0.2) is 16.5 Å². The summed E-state index contributed by atoms with van der Waals surface area (Å²) in [6.45, 7) is 7.27. The Morgan fingerprint density at radius 2 is 1.64 bits per heavy atom. The fourth-order valence-electron chi connectivity index (χ4n) is 4.64. The smallest absolute Gasteiger partial charge is 0.221 e. The van der Waals surface area contributed by atoms with E-state index in [2.05, 4.69) is 110 Å². The highest BCUT2D eigenvalue weighted by Crippen LogP contribution is 2.35. The number of nitrogens with zero attached hydrogens (tertiary/aromatic N) is 1. The maximum Gasteiger partial charge on any atom is 0.221 e. The summed E-state index contributed by atoms with van der Waals surface area (Å²) in [5, 5.41) is 4.49. The van der Waals surface area contributed by atoms with Gasteiger partial charge in [0, 0.05) is 42.0 Å². The zero-order chi connectivity index (χ0) is 23.2. The van der Waals surface area contributed by atoms with Crippen LogP contribution in [0.1, 0.15) is 54.9 Å². The van der Waals surface area contributed by atoms with Crippen molar-refractivity contribution in [3.05, 3.63) is 107 Å². The number of hydrogen-bond donors (Lipinski definition) is 1. The lowest BCUT2D eigenvalue weighted by Gasteiger charge is -2.20. The number of para-hydroxylation sites is 1. The van der Waals surface area contributed by atoms with Gasteiger partial charge in [0.05, 0.1) is 0 Å². The second-order valence-electron chi connectivity index (χ2n) is 9.05. The third-order valence-corrected chi connectivity index (χ3v) is 6.52. The lowest BCUT2D eigenvalue weighted by atomic mass is 9.87. The van der Waals surface area contributed by atoms with E-state index in [0.717, 1.165) is 19.4 Å². The molecule has 1 aromatic heterocycles. The molecule has 1 amide bonds. The van der Waals surface area contributed by atoms with Gasteiger partial charge in [-0.2, -0.15) is 0 Å². The quantitative estimate of drug-likeness (QED) is 0.313. The van der Waals surface area contributed by atoms with Gasteiger partial charge in [0.1, 0.15) is 0 Å². The Kier molecular flexibility index (Phi) is 7.29. The maximum absolute atomic E-state index is 13.2. The molecule has 3 heteroatoms. The number of nitrogens with one attached hydrogen (secondary N) is 1. The fourth-order valence-corrected chi connectivity index (χ4v) is 4.64. The number of rotatable bonds is 9. The molecule has 3 aromatic carbocycles. The van der Waals surface area contributed by atoms with Gasteiger partial charge in [0.25, 0.3) is 0 Å². The highest BCUT2D eigenvalue weighted by atomic mass is 16.1. The summed E-state index contributed by atoms with van der Waals surface area (Å²) in [4.78, 5) is 13.2. The van der Waals surface area contributed by atoms with Crippen LogP contribution in [0.25, 0.3) is 10.9 Å². The number of carbonyl (C=O) groups is 1. The third kappa shape index (κ3) is 5.54. The van der Waals surface area contributed by atoms with Crippen molar-refractivity contribution in [2.24, 2.45) is 0 Å². The van der Waals surface area contributed by atoms with Gasteiger partial charge in [-0.3, -0.25) is 4.79 Å². The van der Waals surface area contributed by atoms with E-state index < -0.39 is 0 Å². The van der Waals surface area contributed by atoms with Crippen molar-refractivity contribution in [3.63, 3.8) is 0 Å². The van der Waals surface area contributed by atoms with Crippen molar-refractivity contribution in [3.8, 4) is 0 Å². The summed E-state index contributed by atoms with van der Waals surface area (Å²) in [6.07, 6.45) is 4.57. The lowest BCUT2D eigenvalue weighted by molar-refractivity contribution is -0.121. The molecule has 0 aliphatic carbocycles. The van der Waals surface area contributed by atoms with E-state index in [-0.39, 0.29) is 17.9 Å². The second-order valence-corrected chi connectivity index (χ2v) is 9.05. The van der Waals surface area contributed by atoms with Crippen molar-refractivity contribution < 1.29 is 4.79 Å². The first-order valence-corrected chi connectivity index (χ1v) is 12.0. The molecule has 0 bridgehead atoms. The number of carbonyl (C=O) groups excluding carboxylic acids is 1. The number of aryl methyl sites for hydroxylation is 3. The molecule has 1 heterocycles. The first-order chi connectivity index (χ1) is 16.0. The van der Waals surface area contributed by atoms with Gasteiger partial charge in [-0.05, 0) is 56.4 Å². The zero-order valence-electron chi connectivity index (χ0n) is 19.9. The molecule has 4 aromatic rings. The average molecular weight is 439 g/mol. The predicted octanol–water partition coefficient (Wildman–Crippen LogP) is 6.63. The van der Waals surface area contributed by atoms with Gasteiger partial charge >= 0.3 is 0 Å². The van der Waals surface area contributed by atoms with Crippen molar-refractivity contribution in [1.29, 1.82) is 0 Å². The van der Waals surface area contributed by atoms with Crippen LogP contribution in [0, 0.1) is 6.92 Å². The van der Waals surface area contributed by atoms with Crippen LogP contribution >= 0.6 is 0 Å². The Balaban J connectivity index is 1.55. The first-order valence-electron chi connectivity index (χ1n) is 12.0. The molecule has 0 fully saturated rings. The first kappa shape index (κ1) is 22.8. The van der Waals surface area contributed by atoms with E-state index in [4.69, 9.17) is 0 Å². The van der Waals surface area contributed by atoms with Crippen LogP contribution in [0.2, 0.25) is 0 Å². The van der Waals surface area contributed by atoms with Crippen LogP contribution < -0.4 is 5.32 Å². The molecule has 0 aliphatic rings. The molecule has 0 saturated carbocycles. The van der Waals surface area contributed by atoms with Crippen LogP contribution in [-0.2, 0) is 17.8 Å². The van der Waals surface area contributed by atoms with E-state index in [1.54, 1.807) is 0 Å². The number of fused-ring (bicyclic) bond motifs is 1. The van der Waals surface area contributed by atoms with Gasteiger partial charge in [-0.15, -0.1) is 0 Å². The van der Waals surface area contributed by atoms with Crippen LogP contribution in [0.4, 0.5) is 0 Å². The van der Waals surface area contributed by atoms with Crippen molar-refractivity contribution in [1.82, 2.24) is 9.88 Å². The predicted molar refractivity (Wildman–Crippen MR) is 138 cm³/mol. The number of hydrogen-bond acceptors (Lipinski definition) is 1. The number of aromatic nitrogens is 1. The summed E-state index contributed by atoms with van der Waals surface area (Å²) in [7, 11) is 0. The van der Waals surface area contributed by atoms with Gasteiger partial charge in [0.2, 0.25) is 5.91 Å². The molecule has 3 nitrogen and oxygen atoms in total. The number of amides is 1. The van der Waals surface area contributed by atoms with Crippen LogP contribution in [0.5, 0.6) is 0 Å². The minimum absolute atomic E-state index is 0.0182. The van der Waals surface area contributed by atoms with E-state index in [0.29, 0.717) is 6.42 Å².